The Morgan fingerprint density at radius 1 is 1.38 bits per heavy atom. The molecule has 0 radical (unpaired) electrons. The Hall–Kier alpha value is -0.830. The molecule has 0 heterocycles. The van der Waals surface area contributed by atoms with Crippen LogP contribution >= 0.6 is 0 Å². The number of hydrogen-bond donors (Lipinski definition) is 1. The molecule has 0 fully saturated rings. The molecule has 0 unspecified atom stereocenters. The van der Waals surface area contributed by atoms with Gasteiger partial charge in [-0.25, -0.2) is 0 Å². The largest absolute Gasteiger partial charge is 0.352 e. The molecule has 0 aromatic heterocycles. The van der Waals surface area contributed by atoms with Crippen molar-refractivity contribution in [3.05, 3.63) is 12.2 Å². The average molecular weight is 186 g/mol. The van der Waals surface area contributed by atoms with Crippen molar-refractivity contribution in [2.24, 2.45) is 0 Å². The maximum Gasteiger partial charge on any atom is 0.246 e. The first kappa shape index (κ1) is 14.7. The third-order valence-corrected chi connectivity index (χ3v) is 0.923. The average Bonchev–Trinajstić information content (AvgIpc) is 1.98. The molecule has 0 rings (SSSR count). The van der Waals surface area contributed by atoms with Gasteiger partial charge in [0, 0.05) is 12.1 Å². The fraction of sp³-hybridized carbons (Fsp3) is 0.700. The highest BCUT2D eigenvalue weighted by Crippen LogP contribution is 1.84. The molecule has 0 saturated carbocycles. The van der Waals surface area contributed by atoms with Gasteiger partial charge in [0.1, 0.15) is 0 Å². The second kappa shape index (κ2) is 9.26. The van der Waals surface area contributed by atoms with Crippen molar-refractivity contribution in [2.75, 3.05) is 27.7 Å². The Balaban J connectivity index is 0. The first-order valence-corrected chi connectivity index (χ1v) is 4.46. The standard InChI is InChI=1S/C7H13NO.C3H9N/c1-4-5-8-7(9)6(2)3;1-4(2)3/h2,4-5H2,1,3H3,(H,8,9);1-3H3. The molecule has 13 heavy (non-hydrogen) atoms. The summed E-state index contributed by atoms with van der Waals surface area (Å²) in [4.78, 5) is 12.7. The summed E-state index contributed by atoms with van der Waals surface area (Å²) in [5.41, 5.74) is 0.573. The van der Waals surface area contributed by atoms with Gasteiger partial charge in [-0.3, -0.25) is 4.79 Å². The Kier molecular flexibility index (Phi) is 10.5. The first-order valence-electron chi connectivity index (χ1n) is 4.46. The van der Waals surface area contributed by atoms with Crippen LogP contribution in [0.25, 0.3) is 0 Å². The van der Waals surface area contributed by atoms with Crippen LogP contribution in [0.3, 0.4) is 0 Å². The predicted octanol–water partition coefficient (Wildman–Crippen LogP) is 1.27. The van der Waals surface area contributed by atoms with E-state index in [0.717, 1.165) is 13.0 Å². The quantitative estimate of drug-likeness (QED) is 0.673. The molecule has 0 aromatic carbocycles. The summed E-state index contributed by atoms with van der Waals surface area (Å²) in [6, 6.07) is 0. The Bertz CT molecular complexity index is 150. The topological polar surface area (TPSA) is 32.3 Å². The van der Waals surface area contributed by atoms with Crippen molar-refractivity contribution in [3.63, 3.8) is 0 Å². The van der Waals surface area contributed by atoms with Gasteiger partial charge in [0.25, 0.3) is 0 Å². The van der Waals surface area contributed by atoms with Crippen molar-refractivity contribution in [2.45, 2.75) is 20.3 Å². The monoisotopic (exact) mass is 186 g/mol. The lowest BCUT2D eigenvalue weighted by atomic mass is 10.3. The molecule has 0 aliphatic carbocycles. The first-order chi connectivity index (χ1) is 5.91. The molecule has 3 heteroatoms. The van der Waals surface area contributed by atoms with Gasteiger partial charge in [-0.15, -0.1) is 0 Å². The minimum Gasteiger partial charge on any atom is -0.352 e. The van der Waals surface area contributed by atoms with E-state index in [4.69, 9.17) is 0 Å². The molecule has 0 aliphatic rings. The van der Waals surface area contributed by atoms with Crippen LogP contribution in [-0.2, 0) is 4.79 Å². The van der Waals surface area contributed by atoms with Crippen molar-refractivity contribution in [1.29, 1.82) is 0 Å². The van der Waals surface area contributed by atoms with Crippen molar-refractivity contribution < 1.29 is 4.79 Å². The number of carbonyl (C=O) groups excluding carboxylic acids is 1. The van der Waals surface area contributed by atoms with Crippen LogP contribution in [0, 0.1) is 0 Å². The summed E-state index contributed by atoms with van der Waals surface area (Å²) in [6.07, 6.45) is 0.971. The number of hydrogen-bond acceptors (Lipinski definition) is 2. The summed E-state index contributed by atoms with van der Waals surface area (Å²) < 4.78 is 0. The van der Waals surface area contributed by atoms with Gasteiger partial charge in [0.15, 0.2) is 0 Å². The molecule has 78 valence electrons. The lowest BCUT2D eigenvalue weighted by Gasteiger charge is -1.99. The van der Waals surface area contributed by atoms with Gasteiger partial charge in [-0.05, 0) is 34.5 Å². The van der Waals surface area contributed by atoms with E-state index in [0.29, 0.717) is 5.57 Å². The van der Waals surface area contributed by atoms with Crippen molar-refractivity contribution in [3.8, 4) is 0 Å². The SMILES string of the molecule is C=C(C)C(=O)NCCC.CN(C)C. The maximum absolute atomic E-state index is 10.7. The van der Waals surface area contributed by atoms with Gasteiger partial charge >= 0.3 is 0 Å². The fourth-order valence-electron chi connectivity index (χ4n) is 0.389. The maximum atomic E-state index is 10.7. The zero-order valence-corrected chi connectivity index (χ0v) is 9.48. The van der Waals surface area contributed by atoms with Crippen LogP contribution in [0.4, 0.5) is 0 Å². The summed E-state index contributed by atoms with van der Waals surface area (Å²) >= 11 is 0. The van der Waals surface area contributed by atoms with E-state index < -0.39 is 0 Å². The van der Waals surface area contributed by atoms with E-state index in [-0.39, 0.29) is 5.91 Å². The normalized spacial score (nSPS) is 8.77. The molecule has 1 amide bonds. The van der Waals surface area contributed by atoms with Crippen LogP contribution in [0.15, 0.2) is 12.2 Å². The summed E-state index contributed by atoms with van der Waals surface area (Å²) in [6.45, 7) is 7.95. The number of amides is 1. The molecule has 0 bridgehead atoms. The van der Waals surface area contributed by atoms with Crippen LogP contribution in [-0.4, -0.2) is 38.5 Å². The third-order valence-electron chi connectivity index (χ3n) is 0.923. The second-order valence-corrected chi connectivity index (χ2v) is 3.38. The van der Waals surface area contributed by atoms with Crippen LogP contribution in [0.5, 0.6) is 0 Å². The van der Waals surface area contributed by atoms with Gasteiger partial charge in [0.2, 0.25) is 5.91 Å². The Morgan fingerprint density at radius 2 is 1.77 bits per heavy atom. The van der Waals surface area contributed by atoms with E-state index in [2.05, 4.69) is 11.9 Å². The second-order valence-electron chi connectivity index (χ2n) is 3.38. The highest BCUT2D eigenvalue weighted by molar-refractivity contribution is 5.91. The number of rotatable bonds is 3. The van der Waals surface area contributed by atoms with Crippen LogP contribution in [0.2, 0.25) is 0 Å². The molecular weight excluding hydrogens is 164 g/mol. The van der Waals surface area contributed by atoms with Crippen LogP contribution < -0.4 is 5.32 Å². The molecule has 0 saturated heterocycles. The van der Waals surface area contributed by atoms with E-state index in [9.17, 15) is 4.79 Å². The van der Waals surface area contributed by atoms with Gasteiger partial charge in [-0.2, -0.15) is 0 Å². The van der Waals surface area contributed by atoms with Crippen LogP contribution in [0.1, 0.15) is 20.3 Å². The summed E-state index contributed by atoms with van der Waals surface area (Å²) in [5, 5.41) is 2.69. The molecule has 1 N–H and O–H groups in total. The highest BCUT2D eigenvalue weighted by atomic mass is 16.1. The zero-order valence-electron chi connectivity index (χ0n) is 9.48. The minimum absolute atomic E-state index is 0.0446. The van der Waals surface area contributed by atoms with Gasteiger partial charge in [-0.1, -0.05) is 13.5 Å². The third kappa shape index (κ3) is 18.3. The lowest BCUT2D eigenvalue weighted by Crippen LogP contribution is -2.24. The predicted molar refractivity (Wildman–Crippen MR) is 57.7 cm³/mol. The smallest absolute Gasteiger partial charge is 0.246 e. The summed E-state index contributed by atoms with van der Waals surface area (Å²) in [7, 11) is 6.00. The zero-order chi connectivity index (χ0) is 10.9. The number of nitrogens with zero attached hydrogens (tertiary/aromatic N) is 1. The van der Waals surface area contributed by atoms with E-state index in [1.165, 1.54) is 0 Å². The highest BCUT2D eigenvalue weighted by Gasteiger charge is 1.96. The summed E-state index contributed by atoms with van der Waals surface area (Å²) in [5.74, 6) is -0.0446. The number of nitrogens with one attached hydrogen (secondary N) is 1. The molecule has 0 aromatic rings. The molecule has 3 nitrogen and oxygen atoms in total. The molecule has 0 aliphatic heterocycles. The van der Waals surface area contributed by atoms with Gasteiger partial charge < -0.3 is 10.2 Å². The number of carbonyl (C=O) groups is 1. The molecule has 0 atom stereocenters. The van der Waals surface area contributed by atoms with E-state index >= 15 is 0 Å². The van der Waals surface area contributed by atoms with Crippen molar-refractivity contribution >= 4 is 5.91 Å². The molecule has 0 spiro atoms. The Labute approximate surface area is 81.8 Å². The van der Waals surface area contributed by atoms with Crippen molar-refractivity contribution in [1.82, 2.24) is 10.2 Å². The molecular formula is C10H22N2O. The Morgan fingerprint density at radius 3 is 2.00 bits per heavy atom. The van der Waals surface area contributed by atoms with E-state index in [1.54, 1.807) is 6.92 Å². The fourth-order valence-corrected chi connectivity index (χ4v) is 0.389. The van der Waals surface area contributed by atoms with E-state index in [1.807, 2.05) is 33.0 Å². The minimum atomic E-state index is -0.0446. The lowest BCUT2D eigenvalue weighted by molar-refractivity contribution is -0.117. The van der Waals surface area contributed by atoms with Gasteiger partial charge in [0.05, 0.1) is 0 Å².